The van der Waals surface area contributed by atoms with Crippen molar-refractivity contribution in [3.05, 3.63) is 29.8 Å². The van der Waals surface area contributed by atoms with Gasteiger partial charge in [0.25, 0.3) is 5.91 Å². The first-order valence-electron chi connectivity index (χ1n) is 10.6. The van der Waals surface area contributed by atoms with Crippen molar-refractivity contribution in [2.24, 2.45) is 5.73 Å². The molecule has 180 valence electrons. The van der Waals surface area contributed by atoms with Crippen molar-refractivity contribution < 1.29 is 28.7 Å². The van der Waals surface area contributed by atoms with E-state index in [1.807, 2.05) is 0 Å². The third-order valence-corrected chi connectivity index (χ3v) is 4.69. The zero-order valence-electron chi connectivity index (χ0n) is 19.4. The highest BCUT2D eigenvalue weighted by molar-refractivity contribution is 6.12. The third-order valence-electron chi connectivity index (χ3n) is 4.69. The van der Waals surface area contributed by atoms with E-state index in [1.165, 1.54) is 34.1 Å². The number of piperazine rings is 1. The Hall–Kier alpha value is -3.63. The quantitative estimate of drug-likeness (QED) is 0.371. The van der Waals surface area contributed by atoms with Gasteiger partial charge in [-0.2, -0.15) is 0 Å². The van der Waals surface area contributed by atoms with Gasteiger partial charge in [0.2, 0.25) is 11.9 Å². The summed E-state index contributed by atoms with van der Waals surface area (Å²) < 4.78 is 10.1. The fourth-order valence-corrected chi connectivity index (χ4v) is 3.16. The van der Waals surface area contributed by atoms with Crippen molar-refractivity contribution in [2.45, 2.75) is 39.7 Å². The van der Waals surface area contributed by atoms with Crippen LogP contribution in [0.1, 0.15) is 44.5 Å². The van der Waals surface area contributed by atoms with Gasteiger partial charge in [-0.3, -0.25) is 19.8 Å². The molecule has 3 amide bonds. The lowest BCUT2D eigenvalue weighted by molar-refractivity contribution is -0.144. The van der Waals surface area contributed by atoms with Crippen LogP contribution in [-0.2, 0) is 19.1 Å². The van der Waals surface area contributed by atoms with Crippen molar-refractivity contribution >= 4 is 35.5 Å². The molecule has 0 spiro atoms. The summed E-state index contributed by atoms with van der Waals surface area (Å²) in [5.74, 6) is -1.47. The zero-order valence-corrected chi connectivity index (χ0v) is 19.4. The molecule has 1 saturated heterocycles. The summed E-state index contributed by atoms with van der Waals surface area (Å²) in [4.78, 5) is 53.0. The molecule has 1 aliphatic rings. The Morgan fingerprint density at radius 1 is 1.15 bits per heavy atom. The Kier molecular flexibility index (Phi) is 8.38. The monoisotopic (exact) mass is 461 g/mol. The number of guanidine groups is 1. The molecule has 11 nitrogen and oxygen atoms in total. The molecular weight excluding hydrogens is 430 g/mol. The molecule has 11 heteroatoms. The smallest absolute Gasteiger partial charge is 0.421 e. The van der Waals surface area contributed by atoms with Crippen molar-refractivity contribution in [1.29, 1.82) is 5.41 Å². The second-order valence-electron chi connectivity index (χ2n) is 8.41. The van der Waals surface area contributed by atoms with E-state index in [1.54, 1.807) is 27.7 Å². The molecule has 0 unspecified atom stereocenters. The minimum Gasteiger partial charge on any atom is -0.466 e. The van der Waals surface area contributed by atoms with Crippen molar-refractivity contribution in [3.8, 4) is 0 Å². The number of benzene rings is 1. The number of nitrogens with zero attached hydrogens (tertiary/aromatic N) is 3. The van der Waals surface area contributed by atoms with E-state index in [2.05, 4.69) is 0 Å². The Morgan fingerprint density at radius 2 is 1.79 bits per heavy atom. The second-order valence-corrected chi connectivity index (χ2v) is 8.41. The summed E-state index contributed by atoms with van der Waals surface area (Å²) >= 11 is 0. The van der Waals surface area contributed by atoms with Gasteiger partial charge in [0.05, 0.1) is 18.7 Å². The normalized spacial score (nSPS) is 14.0. The molecular formula is C22H31N5O6. The average Bonchev–Trinajstić information content (AvgIpc) is 2.71. The average molecular weight is 462 g/mol. The van der Waals surface area contributed by atoms with E-state index in [0.29, 0.717) is 18.7 Å². The van der Waals surface area contributed by atoms with Gasteiger partial charge < -0.3 is 25.0 Å². The molecule has 1 aromatic carbocycles. The topological polar surface area (TPSA) is 146 Å². The predicted molar refractivity (Wildman–Crippen MR) is 121 cm³/mol. The van der Waals surface area contributed by atoms with Crippen molar-refractivity contribution in [3.63, 3.8) is 0 Å². The Bertz CT molecular complexity index is 909. The van der Waals surface area contributed by atoms with Gasteiger partial charge in [-0.25, -0.2) is 9.69 Å². The number of carbonyl (C=O) groups excluding carboxylic acids is 4. The minimum absolute atomic E-state index is 0.0963. The largest absolute Gasteiger partial charge is 0.466 e. The molecule has 1 aromatic rings. The summed E-state index contributed by atoms with van der Waals surface area (Å²) in [6, 6.07) is 5.96. The second kappa shape index (κ2) is 10.8. The summed E-state index contributed by atoms with van der Waals surface area (Å²) in [6.45, 7) is 7.89. The lowest BCUT2D eigenvalue weighted by atomic mass is 10.1. The molecule has 3 N–H and O–H groups in total. The van der Waals surface area contributed by atoms with Gasteiger partial charge in [0, 0.05) is 25.2 Å². The highest BCUT2D eigenvalue weighted by atomic mass is 16.6. The number of amides is 3. The maximum atomic E-state index is 12.8. The summed E-state index contributed by atoms with van der Waals surface area (Å²) in [6.07, 6.45) is -0.696. The molecule has 0 aromatic heterocycles. The number of hydrogen-bond acceptors (Lipinski definition) is 7. The van der Waals surface area contributed by atoms with Crippen LogP contribution in [0.25, 0.3) is 0 Å². The fraction of sp³-hybridized carbons (Fsp3) is 0.500. The summed E-state index contributed by atoms with van der Waals surface area (Å²) in [5, 5.41) is 7.71. The number of anilines is 1. The van der Waals surface area contributed by atoms with E-state index >= 15 is 0 Å². The Morgan fingerprint density at radius 3 is 2.30 bits per heavy atom. The van der Waals surface area contributed by atoms with Gasteiger partial charge in [-0.15, -0.1) is 0 Å². The number of ether oxygens (including phenoxy) is 2. The molecule has 0 bridgehead atoms. The van der Waals surface area contributed by atoms with Crippen LogP contribution >= 0.6 is 0 Å². The highest BCUT2D eigenvalue weighted by Gasteiger charge is 2.29. The molecule has 1 fully saturated rings. The van der Waals surface area contributed by atoms with Crippen LogP contribution in [0.4, 0.5) is 10.5 Å². The molecule has 33 heavy (non-hydrogen) atoms. The molecule has 0 aliphatic carbocycles. The van der Waals surface area contributed by atoms with E-state index in [4.69, 9.17) is 20.6 Å². The molecule has 1 heterocycles. The number of nitrogens with one attached hydrogen (secondary N) is 1. The first-order valence-corrected chi connectivity index (χ1v) is 10.6. The molecule has 1 aliphatic heterocycles. The Balaban J connectivity index is 2.02. The molecule has 0 radical (unpaired) electrons. The van der Waals surface area contributed by atoms with Gasteiger partial charge in [-0.1, -0.05) is 0 Å². The van der Waals surface area contributed by atoms with Crippen LogP contribution in [0.2, 0.25) is 0 Å². The van der Waals surface area contributed by atoms with Gasteiger partial charge in [-0.05, 0) is 52.0 Å². The highest BCUT2D eigenvalue weighted by Crippen LogP contribution is 2.20. The van der Waals surface area contributed by atoms with E-state index in [-0.39, 0.29) is 49.6 Å². The van der Waals surface area contributed by atoms with E-state index < -0.39 is 17.7 Å². The predicted octanol–water partition coefficient (Wildman–Crippen LogP) is 1.56. The lowest BCUT2D eigenvalue weighted by Gasteiger charge is -2.34. The van der Waals surface area contributed by atoms with Crippen LogP contribution in [0.5, 0.6) is 0 Å². The van der Waals surface area contributed by atoms with Crippen LogP contribution < -0.4 is 10.6 Å². The summed E-state index contributed by atoms with van der Waals surface area (Å²) in [7, 11) is 0. The number of hydrogen-bond donors (Lipinski definition) is 2. The molecule has 2 rings (SSSR count). The number of nitrogens with two attached hydrogens (primary N) is 1. The first-order chi connectivity index (χ1) is 15.4. The summed E-state index contributed by atoms with van der Waals surface area (Å²) in [5.41, 5.74) is 5.37. The van der Waals surface area contributed by atoms with E-state index in [9.17, 15) is 19.2 Å². The SMILES string of the molecule is CCOC(=O)CCN1CCN(C(=O)c2ccc(N(C(=N)N)C(=O)OC(C)(C)C)cc2)CC1=O. The Labute approximate surface area is 192 Å². The first kappa shape index (κ1) is 25.6. The molecule has 0 saturated carbocycles. The van der Waals surface area contributed by atoms with Crippen LogP contribution in [0.3, 0.4) is 0 Å². The van der Waals surface area contributed by atoms with Crippen LogP contribution in [0.15, 0.2) is 24.3 Å². The molecule has 0 atom stereocenters. The van der Waals surface area contributed by atoms with Gasteiger partial charge in [0.15, 0.2) is 0 Å². The van der Waals surface area contributed by atoms with Crippen molar-refractivity contribution in [2.75, 3.05) is 37.7 Å². The zero-order chi connectivity index (χ0) is 24.8. The third kappa shape index (κ3) is 7.19. The maximum absolute atomic E-state index is 12.8. The standard InChI is InChI=1S/C22H31N5O6/c1-5-32-18(29)10-11-25-12-13-26(14-17(25)28)19(30)15-6-8-16(9-7-15)27(20(23)24)21(31)33-22(2,3)4/h6-9H,5,10-14H2,1-4H3,(H3,23,24). The number of carbonyl (C=O) groups is 4. The van der Waals surface area contributed by atoms with E-state index in [0.717, 1.165) is 4.90 Å². The van der Waals surface area contributed by atoms with Gasteiger partial charge in [0.1, 0.15) is 12.1 Å². The maximum Gasteiger partial charge on any atom is 0.421 e. The minimum atomic E-state index is -0.807. The number of esters is 1. The lowest BCUT2D eigenvalue weighted by Crippen LogP contribution is -2.52. The van der Waals surface area contributed by atoms with Crippen molar-refractivity contribution in [1.82, 2.24) is 9.80 Å². The number of rotatable bonds is 6. The fourth-order valence-electron chi connectivity index (χ4n) is 3.16. The van der Waals surface area contributed by atoms with Gasteiger partial charge >= 0.3 is 12.1 Å². The van der Waals surface area contributed by atoms with Crippen LogP contribution in [-0.4, -0.2) is 78.0 Å². The van der Waals surface area contributed by atoms with Crippen LogP contribution in [0, 0.1) is 5.41 Å².